The van der Waals surface area contributed by atoms with Crippen molar-refractivity contribution in [2.45, 2.75) is 6.92 Å². The lowest BCUT2D eigenvalue weighted by Crippen LogP contribution is -2.09. The van der Waals surface area contributed by atoms with Gasteiger partial charge in [-0.25, -0.2) is 4.79 Å². The minimum Gasteiger partial charge on any atom is -0.477 e. The van der Waals surface area contributed by atoms with E-state index < -0.39 is 5.97 Å². The molecule has 0 saturated heterocycles. The van der Waals surface area contributed by atoms with Gasteiger partial charge in [0.05, 0.1) is 16.6 Å². The van der Waals surface area contributed by atoms with Crippen LogP contribution in [-0.2, 0) is 4.79 Å². The minimum atomic E-state index is -1.23. The molecule has 0 amide bonds. The number of carboxylic acids is 1. The van der Waals surface area contributed by atoms with Crippen LogP contribution in [0.2, 0.25) is 0 Å². The highest BCUT2D eigenvalue weighted by Gasteiger charge is 2.21. The summed E-state index contributed by atoms with van der Waals surface area (Å²) in [5.74, 6) is -1.23. The SMILES string of the molecule is Cc1cc(-c2ccc(-c3cc(I)c(-c4ccc(-c5ccc(N(c6ccccc6)c6ccccc6)cc5)s4)s3)c3nsnc23)sc1-c1ccc(-c2ccc(/C=C(\C#N)C(=O)O)cc2)s1. The Hall–Kier alpha value is -6.05. The topological polar surface area (TPSA) is 90.1 Å². The molecule has 6 nitrogen and oxygen atoms in total. The molecule has 5 aromatic heterocycles. The summed E-state index contributed by atoms with van der Waals surface area (Å²) >= 11 is 10.8. The molecule has 304 valence electrons. The maximum atomic E-state index is 11.3. The number of anilines is 3. The fourth-order valence-corrected chi connectivity index (χ4v) is 13.9. The summed E-state index contributed by atoms with van der Waals surface area (Å²) in [7, 11) is 0. The van der Waals surface area contributed by atoms with Gasteiger partial charge >= 0.3 is 5.97 Å². The van der Waals surface area contributed by atoms with E-state index in [1.165, 1.54) is 61.8 Å². The van der Waals surface area contributed by atoms with Gasteiger partial charge in [-0.1, -0.05) is 84.9 Å². The highest BCUT2D eigenvalue weighted by molar-refractivity contribution is 14.1. The van der Waals surface area contributed by atoms with Crippen LogP contribution in [0.15, 0.2) is 163 Å². The summed E-state index contributed by atoms with van der Waals surface area (Å²) in [4.78, 5) is 23.1. The van der Waals surface area contributed by atoms with Crippen LogP contribution in [0.25, 0.3) is 78.4 Å². The maximum absolute atomic E-state index is 11.3. The molecule has 0 unspecified atom stereocenters. The Morgan fingerprint density at radius 3 is 1.65 bits per heavy atom. The molecule has 0 aliphatic heterocycles. The number of benzene rings is 5. The Labute approximate surface area is 397 Å². The first-order chi connectivity index (χ1) is 30.8. The summed E-state index contributed by atoms with van der Waals surface area (Å²) < 4.78 is 10.9. The van der Waals surface area contributed by atoms with Crippen molar-refractivity contribution in [3.63, 3.8) is 0 Å². The Morgan fingerprint density at radius 2 is 1.10 bits per heavy atom. The van der Waals surface area contributed by atoms with Crippen LogP contribution < -0.4 is 4.90 Å². The van der Waals surface area contributed by atoms with Crippen molar-refractivity contribution in [1.29, 1.82) is 5.26 Å². The molecule has 0 saturated carbocycles. The second kappa shape index (κ2) is 17.6. The largest absolute Gasteiger partial charge is 0.477 e. The Bertz CT molecular complexity index is 3320. The number of carbonyl (C=O) groups is 1. The van der Waals surface area contributed by atoms with Gasteiger partial charge in [-0.2, -0.15) is 14.0 Å². The predicted molar refractivity (Wildman–Crippen MR) is 275 cm³/mol. The number of nitrogens with zero attached hydrogens (tertiary/aromatic N) is 4. The molecule has 10 rings (SSSR count). The van der Waals surface area contributed by atoms with Crippen molar-refractivity contribution < 1.29 is 9.90 Å². The third-order valence-electron chi connectivity index (χ3n) is 10.5. The lowest BCUT2D eigenvalue weighted by molar-refractivity contribution is -0.132. The monoisotopic (exact) mass is 1020 g/mol. The number of para-hydroxylation sites is 2. The average molecular weight is 1020 g/mol. The van der Waals surface area contributed by atoms with Gasteiger partial charge in [-0.3, -0.25) is 0 Å². The van der Waals surface area contributed by atoms with Gasteiger partial charge in [0, 0.05) is 65.9 Å². The van der Waals surface area contributed by atoms with Gasteiger partial charge in [-0.05, 0) is 131 Å². The number of aromatic nitrogens is 2. The number of carboxylic acid groups (broad SMARTS) is 1. The summed E-state index contributed by atoms with van der Waals surface area (Å²) in [6, 6.07) is 56.8. The zero-order valence-electron chi connectivity index (χ0n) is 33.2. The van der Waals surface area contributed by atoms with E-state index in [0.717, 1.165) is 54.5 Å². The summed E-state index contributed by atoms with van der Waals surface area (Å²) in [6.07, 6.45) is 1.39. The number of aryl methyl sites for hydroxylation is 1. The standard InChI is InChI=1S/C51H31IN4O2S5/c1-30-26-45(61-49(30)43-24-22-41(59-43)32-14-12-31(13-15-32)27-34(29-53)51(57)58)38-20-21-39(48-47(38)54-63-55-48)46-28-40(52)50(62-46)44-25-23-42(60-44)33-16-18-37(19-17-33)56(35-8-4-2-5-9-35)36-10-6-3-7-11-36/h2-28H,1H3,(H,57,58)/b34-27+. The number of rotatable bonds is 11. The minimum absolute atomic E-state index is 0.293. The van der Waals surface area contributed by atoms with Gasteiger partial charge in [0.15, 0.2) is 0 Å². The quantitative estimate of drug-likeness (QED) is 0.0789. The summed E-state index contributed by atoms with van der Waals surface area (Å²) in [6.45, 7) is 2.15. The van der Waals surface area contributed by atoms with E-state index in [9.17, 15) is 9.90 Å². The van der Waals surface area contributed by atoms with E-state index >= 15 is 0 Å². The first-order valence-electron chi connectivity index (χ1n) is 19.6. The molecule has 12 heteroatoms. The zero-order chi connectivity index (χ0) is 43.0. The van der Waals surface area contributed by atoms with Gasteiger partial charge in [0.25, 0.3) is 0 Å². The van der Waals surface area contributed by atoms with Crippen molar-refractivity contribution in [3.8, 4) is 67.3 Å². The van der Waals surface area contributed by atoms with Crippen molar-refractivity contribution in [3.05, 3.63) is 178 Å². The molecule has 0 aliphatic rings. The molecule has 0 bridgehead atoms. The fraction of sp³-hybridized carbons (Fsp3) is 0.0196. The van der Waals surface area contributed by atoms with Gasteiger partial charge in [0.1, 0.15) is 22.7 Å². The van der Waals surface area contributed by atoms with Crippen molar-refractivity contribution in [2.24, 2.45) is 0 Å². The number of thiophene rings is 4. The number of halogens is 1. The van der Waals surface area contributed by atoms with E-state index in [1.54, 1.807) is 40.1 Å². The van der Waals surface area contributed by atoms with Crippen LogP contribution in [0.4, 0.5) is 17.1 Å². The number of fused-ring (bicyclic) bond motifs is 1. The van der Waals surface area contributed by atoms with Gasteiger partial charge in [0.2, 0.25) is 0 Å². The van der Waals surface area contributed by atoms with E-state index in [2.05, 4.69) is 156 Å². The van der Waals surface area contributed by atoms with Crippen LogP contribution in [0, 0.1) is 21.8 Å². The summed E-state index contributed by atoms with van der Waals surface area (Å²) in [5.41, 5.74) is 11.2. The predicted octanol–water partition coefficient (Wildman–Crippen LogP) is 16.3. The molecule has 0 fully saturated rings. The van der Waals surface area contributed by atoms with E-state index in [1.807, 2.05) is 47.7 Å². The molecule has 1 N–H and O–H groups in total. The lowest BCUT2D eigenvalue weighted by Gasteiger charge is -2.25. The molecular weight excluding hydrogens is 988 g/mol. The average Bonchev–Trinajstić information content (AvgIpc) is 4.18. The Morgan fingerprint density at radius 1 is 0.603 bits per heavy atom. The van der Waals surface area contributed by atoms with Crippen LogP contribution in [0.1, 0.15) is 11.1 Å². The number of hydrogen-bond donors (Lipinski definition) is 1. The van der Waals surface area contributed by atoms with Crippen LogP contribution in [0.3, 0.4) is 0 Å². The fourth-order valence-electron chi connectivity index (χ4n) is 7.45. The molecule has 0 radical (unpaired) electrons. The molecule has 0 atom stereocenters. The van der Waals surface area contributed by atoms with Crippen LogP contribution >= 0.6 is 79.7 Å². The first-order valence-corrected chi connectivity index (χ1v) is 24.7. The number of hydrogen-bond acceptors (Lipinski definition) is 10. The normalized spacial score (nSPS) is 11.5. The second-order valence-corrected chi connectivity index (χ2v) is 20.5. The number of aliphatic carboxylic acids is 1. The van der Waals surface area contributed by atoms with Crippen molar-refractivity contribution in [1.82, 2.24) is 8.75 Å². The van der Waals surface area contributed by atoms with E-state index in [-0.39, 0.29) is 5.57 Å². The van der Waals surface area contributed by atoms with Crippen LogP contribution in [0.5, 0.6) is 0 Å². The molecular formula is C51H31IN4O2S5. The molecule has 5 aromatic carbocycles. The molecule has 10 aromatic rings. The van der Waals surface area contributed by atoms with Crippen molar-refractivity contribution >= 4 is 120 Å². The van der Waals surface area contributed by atoms with Gasteiger partial charge in [-0.15, -0.1) is 45.3 Å². The second-order valence-electron chi connectivity index (χ2n) is 14.5. The maximum Gasteiger partial charge on any atom is 0.346 e. The molecule has 0 aliphatic carbocycles. The zero-order valence-corrected chi connectivity index (χ0v) is 39.4. The molecule has 63 heavy (non-hydrogen) atoms. The smallest absolute Gasteiger partial charge is 0.346 e. The Balaban J connectivity index is 0.889. The van der Waals surface area contributed by atoms with Gasteiger partial charge < -0.3 is 10.0 Å². The van der Waals surface area contributed by atoms with E-state index in [4.69, 9.17) is 14.0 Å². The highest BCUT2D eigenvalue weighted by atomic mass is 127. The Kier molecular flexibility index (Phi) is 11.5. The first kappa shape index (κ1) is 41.0. The van der Waals surface area contributed by atoms with Crippen molar-refractivity contribution in [2.75, 3.05) is 4.90 Å². The number of nitriles is 1. The molecule has 0 spiro atoms. The third-order valence-corrected chi connectivity index (χ3v) is 17.3. The lowest BCUT2D eigenvalue weighted by atomic mass is 10.1. The van der Waals surface area contributed by atoms with Crippen LogP contribution in [-0.4, -0.2) is 19.8 Å². The summed E-state index contributed by atoms with van der Waals surface area (Å²) in [5, 5.41) is 18.3. The molecule has 5 heterocycles. The van der Waals surface area contributed by atoms with E-state index in [0.29, 0.717) is 5.56 Å². The third kappa shape index (κ3) is 8.20. The highest BCUT2D eigenvalue weighted by Crippen LogP contribution is 2.48.